The van der Waals surface area contributed by atoms with E-state index in [1.807, 2.05) is 4.90 Å². The number of likely N-dealkylation sites (tertiary alicyclic amines) is 1. The maximum absolute atomic E-state index is 15.2. The molecule has 6 nitrogen and oxygen atoms in total. The molecule has 2 heterocycles. The molecule has 0 radical (unpaired) electrons. The van der Waals surface area contributed by atoms with Crippen LogP contribution in [0.15, 0.2) is 107 Å². The van der Waals surface area contributed by atoms with Crippen LogP contribution in [0.2, 0.25) is 0 Å². The molecule has 6 rings (SSSR count). The first-order valence-corrected chi connectivity index (χ1v) is 17.2. The van der Waals surface area contributed by atoms with Crippen molar-refractivity contribution in [2.75, 3.05) is 33.4 Å². The van der Waals surface area contributed by atoms with Crippen molar-refractivity contribution >= 4 is 28.6 Å². The van der Waals surface area contributed by atoms with Gasteiger partial charge in [-0.05, 0) is 59.8 Å². The molecule has 1 saturated heterocycles. The number of ether oxygens (including phenoxy) is 1. The highest BCUT2D eigenvalue weighted by atomic mass is 32.2. The molecule has 0 aliphatic carbocycles. The number of para-hydroxylation sites is 1. The number of alkyl halides is 3. The number of piperidine rings is 1. The molecule has 1 amide bonds. The largest absolute Gasteiger partial charge is 0.416 e. The van der Waals surface area contributed by atoms with Crippen LogP contribution in [-0.2, 0) is 34.5 Å². The fourth-order valence-electron chi connectivity index (χ4n) is 5.78. The van der Waals surface area contributed by atoms with Crippen LogP contribution in [-0.4, -0.2) is 59.7 Å². The summed E-state index contributed by atoms with van der Waals surface area (Å²) in [7, 11) is 1.53. The van der Waals surface area contributed by atoms with E-state index in [2.05, 4.69) is 0 Å². The van der Waals surface area contributed by atoms with Crippen molar-refractivity contribution in [3.63, 3.8) is 0 Å². The molecule has 5 aromatic rings. The van der Waals surface area contributed by atoms with Gasteiger partial charge in [-0.25, -0.2) is 8.78 Å². The molecule has 1 aliphatic heterocycles. The van der Waals surface area contributed by atoms with Crippen LogP contribution in [0, 0.1) is 11.6 Å². The highest BCUT2D eigenvalue weighted by Crippen LogP contribution is 2.32. The Bertz CT molecular complexity index is 2520. The predicted octanol–water partition coefficient (Wildman–Crippen LogP) is 8.40. The third kappa shape index (κ3) is 8.74. The highest BCUT2D eigenvalue weighted by molar-refractivity contribution is 7.98. The fraction of sp³-hybridized carbons (Fsp3) is 0.300. The lowest BCUT2D eigenvalue weighted by Crippen LogP contribution is -2.48. The van der Waals surface area contributed by atoms with Gasteiger partial charge in [-0.15, -0.1) is 11.8 Å². The maximum Gasteiger partial charge on any atom is 0.416 e. The van der Waals surface area contributed by atoms with Crippen LogP contribution in [0.4, 0.5) is 22.0 Å². The van der Waals surface area contributed by atoms with Gasteiger partial charge in [0.2, 0.25) is 5.91 Å². The Morgan fingerprint density at radius 2 is 1.67 bits per heavy atom. The lowest BCUT2D eigenvalue weighted by molar-refractivity contribution is -0.137. The van der Waals surface area contributed by atoms with E-state index in [-0.39, 0.29) is 24.0 Å². The fourth-order valence-corrected chi connectivity index (χ4v) is 6.72. The summed E-state index contributed by atoms with van der Waals surface area (Å²) >= 11 is 0.439. The average molecular weight is 745 g/mol. The van der Waals surface area contributed by atoms with Gasteiger partial charge < -0.3 is 19.1 Å². The third-order valence-electron chi connectivity index (χ3n) is 8.58. The number of methoxy groups -OCH3 is 1. The molecule has 4 aromatic carbocycles. The number of hydrogen-bond acceptors (Lipinski definition) is 5. The van der Waals surface area contributed by atoms with Gasteiger partial charge in [-0.1, -0.05) is 60.6 Å². The summed E-state index contributed by atoms with van der Waals surface area (Å²) in [5.74, 6) is -4.60. The Morgan fingerprint density at radius 1 is 1.00 bits per heavy atom. The van der Waals surface area contributed by atoms with Crippen molar-refractivity contribution in [1.29, 1.82) is 0 Å². The molecule has 1 aliphatic rings. The number of amides is 1. The molecule has 1 fully saturated rings. The first-order valence-electron chi connectivity index (χ1n) is 20.7. The minimum absolute atomic E-state index is 0.128. The first-order chi connectivity index (χ1) is 28.6. The number of halogens is 5. The van der Waals surface area contributed by atoms with E-state index in [9.17, 15) is 32.2 Å². The molecule has 0 atom stereocenters. The Kier molecular flexibility index (Phi) is 8.58. The standard InChI is InChI=1S/C40H38F5N3O3S/c1-51-22-21-46-19-17-32(18-20-46)47(24-27-9-11-28(12-10-27)29-13-15-31(16-14-29)40(43,44)45)37(50)25-48-35-8-3-2-6-33(35)36(49)23-38(48)52-26-30-5-4-7-34(41)39(30)42/h2-16,23,32H,17-22,24-26H2,1H3/i2D,3D,6D,8D,23D,24D2,25D2. The molecule has 52 heavy (non-hydrogen) atoms. The van der Waals surface area contributed by atoms with Crippen molar-refractivity contribution < 1.29 is 43.8 Å². The number of nitrogens with zero attached hydrogens (tertiary/aromatic N) is 3. The van der Waals surface area contributed by atoms with Gasteiger partial charge >= 0.3 is 6.18 Å². The van der Waals surface area contributed by atoms with Crippen LogP contribution in [0.25, 0.3) is 22.0 Å². The lowest BCUT2D eigenvalue weighted by Gasteiger charge is -2.39. The van der Waals surface area contributed by atoms with Gasteiger partial charge in [-0.3, -0.25) is 9.59 Å². The number of fused-ring (bicyclic) bond motifs is 1. The molecule has 0 N–H and O–H groups in total. The maximum atomic E-state index is 15.2. The van der Waals surface area contributed by atoms with Crippen molar-refractivity contribution in [1.82, 2.24) is 14.4 Å². The second kappa shape index (κ2) is 16.4. The van der Waals surface area contributed by atoms with E-state index in [1.54, 1.807) is 0 Å². The van der Waals surface area contributed by atoms with Gasteiger partial charge in [0.1, 0.15) is 6.50 Å². The smallest absolute Gasteiger partial charge is 0.383 e. The zero-order chi connectivity index (χ0) is 44.8. The minimum Gasteiger partial charge on any atom is -0.383 e. The van der Waals surface area contributed by atoms with Crippen molar-refractivity contribution in [2.45, 2.75) is 48.8 Å². The van der Waals surface area contributed by atoms with Crippen LogP contribution in [0.1, 0.15) is 41.9 Å². The van der Waals surface area contributed by atoms with Crippen molar-refractivity contribution in [3.05, 3.63) is 135 Å². The zero-order valence-corrected chi connectivity index (χ0v) is 28.6. The monoisotopic (exact) mass is 744 g/mol. The van der Waals surface area contributed by atoms with Crippen molar-refractivity contribution in [2.24, 2.45) is 0 Å². The Balaban J connectivity index is 1.51. The SMILES string of the molecule is [2H]c1c([2H])c([2H])c2c(c1[2H])c(=O)c([2H])c(SCc1cccc(F)c1F)n2C([2H])([2H])C(=O)N(C1CCN(CCOC)CC1)C([2H])([2H])c1ccc(-c2ccc(C(F)(F)F)cc2)cc1. The third-order valence-corrected chi connectivity index (χ3v) is 9.59. The molecule has 0 bridgehead atoms. The summed E-state index contributed by atoms with van der Waals surface area (Å²) < 4.78 is 155. The predicted molar refractivity (Wildman–Crippen MR) is 193 cm³/mol. The molecule has 272 valence electrons. The molecule has 1 aromatic heterocycles. The number of aromatic nitrogens is 1. The Hall–Kier alpha value is -4.52. The van der Waals surface area contributed by atoms with E-state index >= 15 is 4.79 Å². The normalized spacial score (nSPS) is 17.2. The van der Waals surface area contributed by atoms with Crippen LogP contribution < -0.4 is 5.43 Å². The number of pyridine rings is 1. The number of rotatable bonds is 12. The first kappa shape index (κ1) is 27.1. The highest BCUT2D eigenvalue weighted by Gasteiger charge is 2.31. The second-order valence-corrected chi connectivity index (χ2v) is 12.9. The molecule has 0 saturated carbocycles. The number of hydrogen-bond donors (Lipinski definition) is 0. The number of benzene rings is 4. The number of thioether (sulfide) groups is 1. The molecule has 12 heteroatoms. The Labute approximate surface area is 315 Å². The number of carbonyl (C=O) groups excluding carboxylic acids is 1. The van der Waals surface area contributed by atoms with Gasteiger partial charge in [0.05, 0.1) is 35.0 Å². The van der Waals surface area contributed by atoms with Gasteiger partial charge in [0.15, 0.2) is 17.1 Å². The van der Waals surface area contributed by atoms with E-state index in [4.69, 9.17) is 11.6 Å². The second-order valence-electron chi connectivity index (χ2n) is 11.9. The minimum atomic E-state index is -4.57. The van der Waals surface area contributed by atoms with Gasteiger partial charge in [0.25, 0.3) is 0 Å². The van der Waals surface area contributed by atoms with Crippen LogP contribution >= 0.6 is 11.8 Å². The summed E-state index contributed by atoms with van der Waals surface area (Å²) in [6.07, 6.45) is -4.31. The average Bonchev–Trinajstić information content (AvgIpc) is 3.23. The van der Waals surface area contributed by atoms with Gasteiger partial charge in [0, 0.05) is 62.0 Å². The Morgan fingerprint density at radius 3 is 2.35 bits per heavy atom. The molecule has 0 unspecified atom stereocenters. The number of carbonyl (C=O) groups is 1. The van der Waals surface area contributed by atoms with E-state index in [0.29, 0.717) is 58.6 Å². The van der Waals surface area contributed by atoms with Crippen LogP contribution in [0.5, 0.6) is 0 Å². The zero-order valence-electron chi connectivity index (χ0n) is 36.7. The quantitative estimate of drug-likeness (QED) is 0.0950. The van der Waals surface area contributed by atoms with E-state index in [0.717, 1.165) is 18.2 Å². The van der Waals surface area contributed by atoms with Gasteiger partial charge in [-0.2, -0.15) is 13.2 Å². The summed E-state index contributed by atoms with van der Waals surface area (Å²) in [4.78, 5) is 31.6. The molecular formula is C40H38F5N3O3S. The summed E-state index contributed by atoms with van der Waals surface area (Å²) in [5.41, 5.74) is -2.59. The summed E-state index contributed by atoms with van der Waals surface area (Å²) in [5, 5.41) is -1.51. The van der Waals surface area contributed by atoms with Crippen molar-refractivity contribution in [3.8, 4) is 11.1 Å². The van der Waals surface area contributed by atoms with E-state index < -0.39 is 106 Å². The topological polar surface area (TPSA) is 54.8 Å². The molecular weight excluding hydrogens is 698 g/mol. The summed E-state index contributed by atoms with van der Waals surface area (Å²) in [6.45, 7) is -4.83. The molecule has 0 spiro atoms. The van der Waals surface area contributed by atoms with Crippen LogP contribution in [0.3, 0.4) is 0 Å². The lowest BCUT2D eigenvalue weighted by atomic mass is 10.00. The van der Waals surface area contributed by atoms with E-state index in [1.165, 1.54) is 55.6 Å². The summed E-state index contributed by atoms with van der Waals surface area (Å²) in [6, 6.07) is 7.30.